The van der Waals surface area contributed by atoms with Crippen molar-refractivity contribution in [2.24, 2.45) is 0 Å². The number of aliphatic hydroxyl groups excluding tert-OH is 1. The van der Waals surface area contributed by atoms with Gasteiger partial charge in [0, 0.05) is 33.2 Å². The Kier molecular flexibility index (Phi) is 10.9. The van der Waals surface area contributed by atoms with Gasteiger partial charge in [0.05, 0.1) is 30.7 Å². The molecule has 0 amide bonds. The number of para-hydroxylation sites is 3. The lowest BCUT2D eigenvalue weighted by Gasteiger charge is -2.25. The molecule has 9 heteroatoms. The fourth-order valence-corrected chi connectivity index (χ4v) is 3.87. The van der Waals surface area contributed by atoms with Gasteiger partial charge in [0.1, 0.15) is 12.7 Å². The summed E-state index contributed by atoms with van der Waals surface area (Å²) in [6, 6.07) is 17.2. The molecular formula is C28H37N3O6. The summed E-state index contributed by atoms with van der Waals surface area (Å²) >= 11 is 0. The number of carbonyl (C=O) groups excluding carboxylic acids is 1. The Bertz CT molecular complexity index is 1120. The number of hydrogen-bond donors (Lipinski definition) is 1. The molecule has 2 aromatic carbocycles. The zero-order valence-corrected chi connectivity index (χ0v) is 22.1. The number of nitrogens with zero attached hydrogens (tertiary/aromatic N) is 3. The molecule has 0 radical (unpaired) electrons. The average molecular weight is 512 g/mol. The van der Waals surface area contributed by atoms with E-state index in [4.69, 9.17) is 24.0 Å². The molecule has 1 heterocycles. The van der Waals surface area contributed by atoms with Crippen molar-refractivity contribution < 1.29 is 28.8 Å². The van der Waals surface area contributed by atoms with Gasteiger partial charge in [-0.05, 0) is 37.6 Å². The van der Waals surface area contributed by atoms with Crippen molar-refractivity contribution in [1.29, 1.82) is 0 Å². The summed E-state index contributed by atoms with van der Waals surface area (Å²) in [5.41, 5.74) is 2.51. The number of ether oxygens (including phenoxy) is 4. The van der Waals surface area contributed by atoms with Gasteiger partial charge in [-0.3, -0.25) is 9.69 Å². The third kappa shape index (κ3) is 8.04. The summed E-state index contributed by atoms with van der Waals surface area (Å²) in [5, 5.41) is 15.4. The molecule has 1 unspecified atom stereocenters. The molecule has 200 valence electrons. The van der Waals surface area contributed by atoms with Crippen LogP contribution < -0.4 is 9.47 Å². The van der Waals surface area contributed by atoms with Crippen LogP contribution in [0.2, 0.25) is 0 Å². The van der Waals surface area contributed by atoms with Crippen LogP contribution in [-0.2, 0) is 20.8 Å². The van der Waals surface area contributed by atoms with Crippen molar-refractivity contribution in [2.75, 3.05) is 40.5 Å². The normalized spacial score (nSPS) is 11.9. The predicted molar refractivity (Wildman–Crippen MR) is 140 cm³/mol. The molecule has 1 N–H and O–H groups in total. The van der Waals surface area contributed by atoms with Gasteiger partial charge in [-0.2, -0.15) is 5.10 Å². The third-order valence-corrected chi connectivity index (χ3v) is 5.77. The van der Waals surface area contributed by atoms with Crippen molar-refractivity contribution in [2.45, 2.75) is 39.3 Å². The van der Waals surface area contributed by atoms with Crippen LogP contribution in [0, 0.1) is 6.92 Å². The molecule has 0 saturated heterocycles. The zero-order chi connectivity index (χ0) is 26.6. The quantitative estimate of drug-likeness (QED) is 0.304. The van der Waals surface area contributed by atoms with Crippen molar-refractivity contribution in [3.63, 3.8) is 0 Å². The Balaban J connectivity index is 1.91. The molecule has 0 aliphatic carbocycles. The standard InChI is InChI=1S/C28H37N3O6/c1-5-11-27(33)36-20-23(32)18-30(16-17-34-3)19-24-21(2)29-31(22-12-7-6-8-13-22)28(24)37-26-15-10-9-14-25(26)35-4/h6-10,12-15,23,32H,5,11,16-20H2,1-4H3. The van der Waals surface area contributed by atoms with Gasteiger partial charge in [-0.1, -0.05) is 37.3 Å². The number of aromatic nitrogens is 2. The summed E-state index contributed by atoms with van der Waals surface area (Å²) in [6.07, 6.45) is 0.191. The molecule has 0 aliphatic rings. The van der Waals surface area contributed by atoms with Crippen molar-refractivity contribution >= 4 is 5.97 Å². The predicted octanol–water partition coefficient (Wildman–Crippen LogP) is 4.13. The summed E-state index contributed by atoms with van der Waals surface area (Å²) in [6.45, 7) is 5.53. The molecule has 0 aliphatic heterocycles. The van der Waals surface area contributed by atoms with E-state index in [1.54, 1.807) is 18.9 Å². The Morgan fingerprint density at radius 2 is 1.78 bits per heavy atom. The Morgan fingerprint density at radius 1 is 1.08 bits per heavy atom. The highest BCUT2D eigenvalue weighted by Gasteiger charge is 2.23. The molecule has 0 spiro atoms. The SMILES string of the molecule is CCCC(=O)OCC(O)CN(CCOC)Cc1c(C)nn(-c2ccccc2)c1Oc1ccccc1OC. The number of aliphatic hydroxyl groups is 1. The lowest BCUT2D eigenvalue weighted by Crippen LogP contribution is -2.37. The first-order chi connectivity index (χ1) is 18.0. The first-order valence-electron chi connectivity index (χ1n) is 12.5. The third-order valence-electron chi connectivity index (χ3n) is 5.77. The first kappa shape index (κ1) is 28.2. The summed E-state index contributed by atoms with van der Waals surface area (Å²) in [5.74, 6) is 1.42. The maximum atomic E-state index is 11.7. The number of aryl methyl sites for hydroxylation is 1. The lowest BCUT2D eigenvalue weighted by molar-refractivity contribution is -0.147. The van der Waals surface area contributed by atoms with Crippen LogP contribution in [0.15, 0.2) is 54.6 Å². The van der Waals surface area contributed by atoms with E-state index in [-0.39, 0.29) is 19.1 Å². The minimum absolute atomic E-state index is 0.0604. The molecule has 37 heavy (non-hydrogen) atoms. The number of carbonyl (C=O) groups is 1. The van der Waals surface area contributed by atoms with Crippen molar-refractivity contribution in [1.82, 2.24) is 14.7 Å². The Hall–Kier alpha value is -3.40. The first-order valence-corrected chi connectivity index (χ1v) is 12.5. The van der Waals surface area contributed by atoms with Crippen LogP contribution in [-0.4, -0.2) is 72.4 Å². The second-order valence-corrected chi connectivity index (χ2v) is 8.68. The van der Waals surface area contributed by atoms with Crippen LogP contribution in [0.5, 0.6) is 17.4 Å². The van der Waals surface area contributed by atoms with Gasteiger partial charge in [0.2, 0.25) is 5.88 Å². The van der Waals surface area contributed by atoms with E-state index in [1.165, 1.54) is 0 Å². The number of rotatable bonds is 15. The van der Waals surface area contributed by atoms with Gasteiger partial charge in [-0.25, -0.2) is 4.68 Å². The number of esters is 1. The minimum atomic E-state index is -0.847. The molecule has 1 atom stereocenters. The topological polar surface area (TPSA) is 95.3 Å². The molecule has 3 rings (SSSR count). The second-order valence-electron chi connectivity index (χ2n) is 8.68. The van der Waals surface area contributed by atoms with Gasteiger partial charge in [-0.15, -0.1) is 0 Å². The van der Waals surface area contributed by atoms with Gasteiger partial charge in [0.15, 0.2) is 11.5 Å². The average Bonchev–Trinajstić information content (AvgIpc) is 3.21. The van der Waals surface area contributed by atoms with E-state index in [2.05, 4.69) is 0 Å². The maximum Gasteiger partial charge on any atom is 0.305 e. The zero-order valence-electron chi connectivity index (χ0n) is 22.1. The van der Waals surface area contributed by atoms with Crippen LogP contribution in [0.1, 0.15) is 31.0 Å². The van der Waals surface area contributed by atoms with E-state index >= 15 is 0 Å². The highest BCUT2D eigenvalue weighted by Crippen LogP contribution is 2.36. The number of hydrogen-bond acceptors (Lipinski definition) is 8. The highest BCUT2D eigenvalue weighted by molar-refractivity contribution is 5.69. The van der Waals surface area contributed by atoms with Crippen molar-refractivity contribution in [3.05, 3.63) is 65.9 Å². The molecule has 9 nitrogen and oxygen atoms in total. The fourth-order valence-electron chi connectivity index (χ4n) is 3.87. The molecule has 0 saturated carbocycles. The van der Waals surface area contributed by atoms with Crippen molar-refractivity contribution in [3.8, 4) is 23.1 Å². The van der Waals surface area contributed by atoms with E-state index in [9.17, 15) is 9.90 Å². The lowest BCUT2D eigenvalue weighted by atomic mass is 10.2. The Labute approximate surface area is 218 Å². The molecular weight excluding hydrogens is 474 g/mol. The van der Waals surface area contributed by atoms with Crippen LogP contribution in [0.3, 0.4) is 0 Å². The highest BCUT2D eigenvalue weighted by atomic mass is 16.5. The minimum Gasteiger partial charge on any atom is -0.493 e. The van der Waals surface area contributed by atoms with Gasteiger partial charge in [0.25, 0.3) is 0 Å². The van der Waals surface area contributed by atoms with Crippen LogP contribution >= 0.6 is 0 Å². The number of methoxy groups -OCH3 is 2. The molecule has 0 fully saturated rings. The van der Waals surface area contributed by atoms with E-state index < -0.39 is 6.10 Å². The smallest absolute Gasteiger partial charge is 0.305 e. The largest absolute Gasteiger partial charge is 0.493 e. The Morgan fingerprint density at radius 3 is 2.46 bits per heavy atom. The van der Waals surface area contributed by atoms with E-state index in [0.29, 0.717) is 49.9 Å². The van der Waals surface area contributed by atoms with E-state index in [0.717, 1.165) is 16.9 Å². The molecule has 3 aromatic rings. The number of benzene rings is 2. The van der Waals surface area contributed by atoms with Gasteiger partial charge >= 0.3 is 5.97 Å². The summed E-state index contributed by atoms with van der Waals surface area (Å²) in [7, 11) is 3.24. The monoisotopic (exact) mass is 511 g/mol. The second kappa shape index (κ2) is 14.4. The van der Waals surface area contributed by atoms with Gasteiger partial charge < -0.3 is 24.1 Å². The fraction of sp³-hybridized carbons (Fsp3) is 0.429. The molecule has 0 bridgehead atoms. The van der Waals surface area contributed by atoms with Crippen LogP contribution in [0.4, 0.5) is 0 Å². The molecule has 1 aromatic heterocycles. The van der Waals surface area contributed by atoms with Crippen LogP contribution in [0.25, 0.3) is 5.69 Å². The van der Waals surface area contributed by atoms with E-state index in [1.807, 2.05) is 73.3 Å². The maximum absolute atomic E-state index is 11.7. The summed E-state index contributed by atoms with van der Waals surface area (Å²) in [4.78, 5) is 13.8. The summed E-state index contributed by atoms with van der Waals surface area (Å²) < 4.78 is 24.2.